The van der Waals surface area contributed by atoms with Crippen LogP contribution in [0.2, 0.25) is 0 Å². The Labute approximate surface area is 180 Å². The highest BCUT2D eigenvalue weighted by Crippen LogP contribution is 2.32. The van der Waals surface area contributed by atoms with Crippen LogP contribution in [0.25, 0.3) is 11.3 Å². The highest BCUT2D eigenvalue weighted by Gasteiger charge is 2.31. The summed E-state index contributed by atoms with van der Waals surface area (Å²) in [5.74, 6) is 1.75. The summed E-state index contributed by atoms with van der Waals surface area (Å²) in [7, 11) is 1.76. The number of amidine groups is 1. The maximum absolute atomic E-state index is 12.7. The van der Waals surface area contributed by atoms with Gasteiger partial charge >= 0.3 is 0 Å². The lowest BCUT2D eigenvalue weighted by atomic mass is 9.87. The second-order valence-electron chi connectivity index (χ2n) is 7.74. The number of carbonyl (C=O) groups excluding carboxylic acids is 1. The number of amides is 1. The maximum Gasteiger partial charge on any atom is 0.247 e. The third-order valence-electron chi connectivity index (χ3n) is 5.81. The lowest BCUT2D eigenvalue weighted by Gasteiger charge is -2.34. The molecule has 3 heterocycles. The molecule has 0 bridgehead atoms. The monoisotopic (exact) mass is 422 g/mol. The summed E-state index contributed by atoms with van der Waals surface area (Å²) in [5, 5.41) is 10.1. The van der Waals surface area contributed by atoms with Crippen molar-refractivity contribution in [3.05, 3.63) is 30.2 Å². The predicted molar refractivity (Wildman–Crippen MR) is 118 cm³/mol. The van der Waals surface area contributed by atoms with E-state index in [9.17, 15) is 4.79 Å². The Morgan fingerprint density at radius 1 is 1.32 bits per heavy atom. The number of nitrogens with one attached hydrogen (secondary N) is 2. The summed E-state index contributed by atoms with van der Waals surface area (Å²) in [6.45, 7) is 0.853. The van der Waals surface area contributed by atoms with Gasteiger partial charge in [-0.1, -0.05) is 0 Å². The van der Waals surface area contributed by atoms with Gasteiger partial charge in [-0.2, -0.15) is 0 Å². The quantitative estimate of drug-likeness (QED) is 0.476. The van der Waals surface area contributed by atoms with Crippen LogP contribution in [0.5, 0.6) is 0 Å². The lowest BCUT2D eigenvalue weighted by Crippen LogP contribution is -2.44. The van der Waals surface area contributed by atoms with Crippen LogP contribution in [0.4, 0.5) is 11.6 Å². The molecule has 0 unspecified atom stereocenters. The van der Waals surface area contributed by atoms with Gasteiger partial charge in [-0.25, -0.2) is 15.0 Å². The number of hydrogen-bond acceptors (Lipinski definition) is 7. The predicted octanol–water partition coefficient (Wildman–Crippen LogP) is 1.81. The summed E-state index contributed by atoms with van der Waals surface area (Å²) in [4.78, 5) is 31.7. The fraction of sp³-hybridized carbons (Fsp3) is 0.429. The number of aromatic nitrogens is 3. The molecule has 4 N–H and O–H groups in total. The molecule has 0 saturated heterocycles. The van der Waals surface area contributed by atoms with Gasteiger partial charge in [0.15, 0.2) is 17.5 Å². The molecule has 1 fully saturated rings. The average molecular weight is 422 g/mol. The van der Waals surface area contributed by atoms with Crippen LogP contribution < -0.4 is 16.0 Å². The molecule has 1 amide bonds. The van der Waals surface area contributed by atoms with E-state index in [2.05, 4.69) is 20.3 Å². The van der Waals surface area contributed by atoms with Crippen molar-refractivity contribution in [1.29, 1.82) is 5.41 Å². The van der Waals surface area contributed by atoms with E-state index >= 15 is 0 Å². The van der Waals surface area contributed by atoms with Crippen molar-refractivity contribution in [2.24, 2.45) is 16.6 Å². The Kier molecular flexibility index (Phi) is 6.17. The smallest absolute Gasteiger partial charge is 0.247 e. The fourth-order valence-corrected chi connectivity index (χ4v) is 4.03. The van der Waals surface area contributed by atoms with Gasteiger partial charge in [-0.05, 0) is 43.7 Å². The van der Waals surface area contributed by atoms with E-state index in [-0.39, 0.29) is 18.3 Å². The van der Waals surface area contributed by atoms with Crippen LogP contribution in [0.1, 0.15) is 31.4 Å². The highest BCUT2D eigenvalue weighted by molar-refractivity contribution is 6.01. The first kappa shape index (κ1) is 20.9. The van der Waals surface area contributed by atoms with Crippen molar-refractivity contribution in [1.82, 2.24) is 15.0 Å². The number of anilines is 2. The average Bonchev–Trinajstić information content (AvgIpc) is 2.81. The molecule has 1 saturated carbocycles. The van der Waals surface area contributed by atoms with Crippen LogP contribution in [-0.2, 0) is 9.53 Å². The molecule has 162 valence electrons. The van der Waals surface area contributed by atoms with Crippen LogP contribution in [0.3, 0.4) is 0 Å². The van der Waals surface area contributed by atoms with E-state index in [1.165, 1.54) is 0 Å². The number of nitrogens with zero attached hydrogens (tertiary/aromatic N) is 5. The summed E-state index contributed by atoms with van der Waals surface area (Å²) in [6.07, 6.45) is 8.58. The first-order valence-electron chi connectivity index (χ1n) is 10.3. The number of ether oxygens (including phenoxy) is 1. The molecule has 2 aromatic heterocycles. The van der Waals surface area contributed by atoms with Gasteiger partial charge in [0.05, 0.1) is 24.5 Å². The van der Waals surface area contributed by atoms with E-state index in [0.29, 0.717) is 41.6 Å². The minimum absolute atomic E-state index is 0.00285. The van der Waals surface area contributed by atoms with E-state index < -0.39 is 0 Å². The zero-order chi connectivity index (χ0) is 21.8. The number of fused-ring (bicyclic) bond motifs is 1. The molecular weight excluding hydrogens is 396 g/mol. The van der Waals surface area contributed by atoms with Crippen molar-refractivity contribution in [2.45, 2.75) is 31.8 Å². The summed E-state index contributed by atoms with van der Waals surface area (Å²) >= 11 is 0. The van der Waals surface area contributed by atoms with Gasteiger partial charge in [0.25, 0.3) is 0 Å². The highest BCUT2D eigenvalue weighted by atomic mass is 16.5. The molecule has 0 radical (unpaired) electrons. The lowest BCUT2D eigenvalue weighted by molar-refractivity contribution is -0.117. The molecule has 2 aliphatic rings. The van der Waals surface area contributed by atoms with E-state index in [4.69, 9.17) is 20.9 Å². The summed E-state index contributed by atoms with van der Waals surface area (Å²) in [6, 6.07) is 3.54. The van der Waals surface area contributed by atoms with Crippen LogP contribution in [0.15, 0.2) is 29.5 Å². The number of carbonyl (C=O) groups is 1. The number of nitrogens with two attached hydrogens (primary N) is 1. The summed E-state index contributed by atoms with van der Waals surface area (Å²) < 4.78 is 5.46. The number of aliphatic imine (C=N–C) groups is 1. The molecule has 10 nitrogen and oxygen atoms in total. The Balaban J connectivity index is 1.56. The SMILES string of the molecule is COC1CCC(CN2C(=O)CNc3ncc(-c4ccc(C(N)=NC=N)nc4)nc32)CC1. The molecule has 10 heteroatoms. The minimum Gasteiger partial charge on any atom is -0.382 e. The molecule has 1 aliphatic carbocycles. The molecule has 0 atom stereocenters. The van der Waals surface area contributed by atoms with Gasteiger partial charge < -0.3 is 15.8 Å². The Bertz CT molecular complexity index is 983. The van der Waals surface area contributed by atoms with Crippen molar-refractivity contribution in [3.63, 3.8) is 0 Å². The second kappa shape index (κ2) is 9.17. The fourth-order valence-electron chi connectivity index (χ4n) is 4.03. The van der Waals surface area contributed by atoms with Gasteiger partial charge in [-0.3, -0.25) is 20.1 Å². The molecule has 0 spiro atoms. The van der Waals surface area contributed by atoms with E-state index in [1.54, 1.807) is 30.5 Å². The third kappa shape index (κ3) is 4.53. The van der Waals surface area contributed by atoms with Gasteiger partial charge in [0, 0.05) is 25.4 Å². The van der Waals surface area contributed by atoms with Gasteiger partial charge in [0.1, 0.15) is 12.0 Å². The van der Waals surface area contributed by atoms with Gasteiger partial charge in [-0.15, -0.1) is 0 Å². The molecular formula is C21H26N8O2. The minimum atomic E-state index is -0.00285. The van der Waals surface area contributed by atoms with Crippen LogP contribution in [0, 0.1) is 11.3 Å². The first-order valence-corrected chi connectivity index (χ1v) is 10.3. The number of hydrogen-bond donors (Lipinski definition) is 3. The third-order valence-corrected chi connectivity index (χ3v) is 5.81. The Hall–Kier alpha value is -3.40. The largest absolute Gasteiger partial charge is 0.382 e. The molecule has 4 rings (SSSR count). The molecule has 0 aromatic carbocycles. The van der Waals surface area contributed by atoms with Crippen LogP contribution in [-0.4, -0.2) is 59.3 Å². The summed E-state index contributed by atoms with van der Waals surface area (Å²) in [5.41, 5.74) is 7.61. The van der Waals surface area contributed by atoms with Crippen molar-refractivity contribution in [2.75, 3.05) is 30.4 Å². The van der Waals surface area contributed by atoms with Crippen LogP contribution >= 0.6 is 0 Å². The zero-order valence-electron chi connectivity index (χ0n) is 17.4. The zero-order valence-corrected chi connectivity index (χ0v) is 17.4. The molecule has 2 aromatic rings. The molecule has 31 heavy (non-hydrogen) atoms. The first-order chi connectivity index (χ1) is 15.1. The van der Waals surface area contributed by atoms with E-state index in [1.807, 2.05) is 6.07 Å². The van der Waals surface area contributed by atoms with Crippen molar-refractivity contribution in [3.8, 4) is 11.3 Å². The topological polar surface area (TPSA) is 142 Å². The maximum atomic E-state index is 12.7. The Morgan fingerprint density at radius 2 is 2.13 bits per heavy atom. The number of rotatable bonds is 6. The standard InChI is InChI=1S/C21H26N8O2/c1-31-15-5-2-13(3-6-15)11-29-18(30)10-26-20-21(29)28-17(9-25-20)14-4-7-16(24-8-14)19(23)27-12-22/h4,7-9,12-13,15H,2-3,5-6,10-11H2,1H3,(H,25,26)(H3,22,23,27). The molecule has 1 aliphatic heterocycles. The van der Waals surface area contributed by atoms with E-state index in [0.717, 1.165) is 37.6 Å². The van der Waals surface area contributed by atoms with Crippen molar-refractivity contribution >= 4 is 29.7 Å². The number of pyridine rings is 1. The normalized spacial score (nSPS) is 21.4. The van der Waals surface area contributed by atoms with Gasteiger partial charge in [0.2, 0.25) is 5.91 Å². The number of methoxy groups -OCH3 is 1. The second-order valence-corrected chi connectivity index (χ2v) is 7.74. The Morgan fingerprint density at radius 3 is 2.81 bits per heavy atom. The van der Waals surface area contributed by atoms with Crippen molar-refractivity contribution < 1.29 is 9.53 Å².